The number of hydrogen-bond donors (Lipinski definition) is 1. The van der Waals surface area contributed by atoms with Crippen LogP contribution in [0.3, 0.4) is 0 Å². The minimum atomic E-state index is -1.00. The molecule has 0 aliphatic rings. The van der Waals surface area contributed by atoms with E-state index in [4.69, 9.17) is 9.84 Å². The molecule has 0 radical (unpaired) electrons. The third kappa shape index (κ3) is 4.59. The van der Waals surface area contributed by atoms with Crippen LogP contribution in [0.1, 0.15) is 30.6 Å². The molecule has 2 aromatic rings. The summed E-state index contributed by atoms with van der Waals surface area (Å²) in [4.78, 5) is 24.8. The Kier molecular flexibility index (Phi) is 6.33. The van der Waals surface area contributed by atoms with E-state index in [0.29, 0.717) is 11.3 Å². The Morgan fingerprint density at radius 1 is 1.12 bits per heavy atom. The van der Waals surface area contributed by atoms with Crippen molar-refractivity contribution >= 4 is 11.9 Å². The summed E-state index contributed by atoms with van der Waals surface area (Å²) in [5, 5.41) is 8.83. The molecule has 0 bridgehead atoms. The quantitative estimate of drug-likeness (QED) is 0.816. The van der Waals surface area contributed by atoms with Gasteiger partial charge in [0, 0.05) is 12.6 Å². The summed E-state index contributed by atoms with van der Waals surface area (Å²) in [6.07, 6.45) is -0.185. The molecule has 2 aromatic carbocycles. The molecule has 0 saturated heterocycles. The molecular weight excluding hydrogens is 337 g/mol. The van der Waals surface area contributed by atoms with Crippen LogP contribution in [0.4, 0.5) is 4.39 Å². The maximum absolute atomic E-state index is 14.6. The SMILES string of the molecule is COc1ccc(-c2ccc(C(=O)N(CCC(=O)O)C(C)C)c(F)c2)cc1. The normalized spacial score (nSPS) is 10.7. The van der Waals surface area contributed by atoms with E-state index in [-0.39, 0.29) is 24.6 Å². The topological polar surface area (TPSA) is 66.8 Å². The molecule has 0 aliphatic heterocycles. The average molecular weight is 359 g/mol. The van der Waals surface area contributed by atoms with Crippen molar-refractivity contribution in [2.45, 2.75) is 26.3 Å². The number of rotatable bonds is 7. The van der Waals surface area contributed by atoms with Crippen LogP contribution >= 0.6 is 0 Å². The summed E-state index contributed by atoms with van der Waals surface area (Å²) in [5.41, 5.74) is 1.37. The average Bonchev–Trinajstić information content (AvgIpc) is 2.61. The predicted octanol–water partition coefficient (Wildman–Crippen LogP) is 3.83. The lowest BCUT2D eigenvalue weighted by atomic mass is 10.0. The fourth-order valence-electron chi connectivity index (χ4n) is 2.62. The van der Waals surface area contributed by atoms with Crippen LogP contribution in [0, 0.1) is 5.82 Å². The molecule has 2 rings (SSSR count). The maximum Gasteiger partial charge on any atom is 0.305 e. The number of nitrogens with zero attached hydrogens (tertiary/aromatic N) is 1. The molecule has 0 spiro atoms. The lowest BCUT2D eigenvalue weighted by Crippen LogP contribution is -2.38. The molecule has 0 atom stereocenters. The summed E-state index contributed by atoms with van der Waals surface area (Å²) in [6, 6.07) is 11.4. The Balaban J connectivity index is 2.26. The number of benzene rings is 2. The molecule has 0 aliphatic carbocycles. The zero-order valence-corrected chi connectivity index (χ0v) is 15.0. The van der Waals surface area contributed by atoms with Crippen LogP contribution < -0.4 is 4.74 Å². The zero-order chi connectivity index (χ0) is 19.3. The van der Waals surface area contributed by atoms with Crippen molar-refractivity contribution in [2.24, 2.45) is 0 Å². The number of aliphatic carboxylic acids is 1. The van der Waals surface area contributed by atoms with E-state index in [9.17, 15) is 14.0 Å². The third-order valence-corrected chi connectivity index (χ3v) is 4.07. The van der Waals surface area contributed by atoms with Crippen molar-refractivity contribution in [3.05, 3.63) is 53.8 Å². The van der Waals surface area contributed by atoms with Crippen LogP contribution in [0.15, 0.2) is 42.5 Å². The molecule has 0 heterocycles. The third-order valence-electron chi connectivity index (χ3n) is 4.07. The van der Waals surface area contributed by atoms with Gasteiger partial charge in [-0.25, -0.2) is 4.39 Å². The fourth-order valence-corrected chi connectivity index (χ4v) is 2.62. The second-order valence-electron chi connectivity index (χ2n) is 6.16. The largest absolute Gasteiger partial charge is 0.497 e. The summed E-state index contributed by atoms with van der Waals surface area (Å²) in [5.74, 6) is -1.45. The minimum Gasteiger partial charge on any atom is -0.497 e. The smallest absolute Gasteiger partial charge is 0.305 e. The first-order chi connectivity index (χ1) is 12.3. The van der Waals surface area contributed by atoms with Crippen LogP contribution in [0.25, 0.3) is 11.1 Å². The predicted molar refractivity (Wildman–Crippen MR) is 96.8 cm³/mol. The van der Waals surface area contributed by atoms with Crippen molar-refractivity contribution in [1.29, 1.82) is 0 Å². The Labute approximate surface area is 152 Å². The van der Waals surface area contributed by atoms with Gasteiger partial charge < -0.3 is 14.7 Å². The summed E-state index contributed by atoms with van der Waals surface area (Å²) >= 11 is 0. The van der Waals surface area contributed by atoms with Gasteiger partial charge in [0.1, 0.15) is 11.6 Å². The van der Waals surface area contributed by atoms with Gasteiger partial charge >= 0.3 is 5.97 Å². The molecule has 0 aromatic heterocycles. The van der Waals surface area contributed by atoms with Gasteiger partial charge in [0.15, 0.2) is 0 Å². The molecule has 0 fully saturated rings. The molecule has 0 unspecified atom stereocenters. The van der Waals surface area contributed by atoms with Gasteiger partial charge in [0.25, 0.3) is 5.91 Å². The van der Waals surface area contributed by atoms with E-state index < -0.39 is 17.7 Å². The molecule has 0 saturated carbocycles. The summed E-state index contributed by atoms with van der Waals surface area (Å²) in [7, 11) is 1.57. The fraction of sp³-hybridized carbons (Fsp3) is 0.300. The van der Waals surface area contributed by atoms with Crippen LogP contribution in [-0.4, -0.2) is 41.6 Å². The van der Waals surface area contributed by atoms with E-state index in [1.807, 2.05) is 12.1 Å². The number of carboxylic acids is 1. The highest BCUT2D eigenvalue weighted by molar-refractivity contribution is 5.95. The van der Waals surface area contributed by atoms with Crippen molar-refractivity contribution < 1.29 is 23.8 Å². The van der Waals surface area contributed by atoms with Crippen molar-refractivity contribution in [2.75, 3.05) is 13.7 Å². The second-order valence-corrected chi connectivity index (χ2v) is 6.16. The van der Waals surface area contributed by atoms with Crippen molar-refractivity contribution in [1.82, 2.24) is 4.90 Å². The van der Waals surface area contributed by atoms with E-state index >= 15 is 0 Å². The number of carbonyl (C=O) groups is 2. The highest BCUT2D eigenvalue weighted by atomic mass is 19.1. The molecule has 26 heavy (non-hydrogen) atoms. The first-order valence-electron chi connectivity index (χ1n) is 8.30. The Morgan fingerprint density at radius 3 is 2.23 bits per heavy atom. The molecule has 138 valence electrons. The van der Waals surface area contributed by atoms with Gasteiger partial charge in [0.05, 0.1) is 19.1 Å². The van der Waals surface area contributed by atoms with Gasteiger partial charge in [-0.05, 0) is 49.2 Å². The number of ether oxygens (including phenoxy) is 1. The first-order valence-corrected chi connectivity index (χ1v) is 8.30. The lowest BCUT2D eigenvalue weighted by Gasteiger charge is -2.26. The molecule has 6 heteroatoms. The van der Waals surface area contributed by atoms with Gasteiger partial charge in [0.2, 0.25) is 0 Å². The number of carbonyl (C=O) groups excluding carboxylic acids is 1. The van der Waals surface area contributed by atoms with Gasteiger partial charge in [-0.1, -0.05) is 18.2 Å². The molecule has 5 nitrogen and oxygen atoms in total. The molecule has 1 N–H and O–H groups in total. The number of halogens is 1. The highest BCUT2D eigenvalue weighted by Crippen LogP contribution is 2.25. The minimum absolute atomic E-state index is 0.0332. The Morgan fingerprint density at radius 2 is 1.73 bits per heavy atom. The standard InChI is InChI=1S/C20H22FNO4/c1-13(2)22(11-10-19(23)24)20(25)17-9-6-15(12-18(17)21)14-4-7-16(26-3)8-5-14/h4-9,12-13H,10-11H2,1-3H3,(H,23,24). The van der Waals surface area contributed by atoms with Crippen LogP contribution in [0.2, 0.25) is 0 Å². The number of carboxylic acid groups (broad SMARTS) is 1. The second kappa shape index (κ2) is 8.47. The summed E-state index contributed by atoms with van der Waals surface area (Å²) < 4.78 is 19.7. The van der Waals surface area contributed by atoms with E-state index in [0.717, 1.165) is 5.56 Å². The van der Waals surface area contributed by atoms with Gasteiger partial charge in [-0.15, -0.1) is 0 Å². The maximum atomic E-state index is 14.6. The van der Waals surface area contributed by atoms with Crippen LogP contribution in [-0.2, 0) is 4.79 Å². The Bertz CT molecular complexity index is 787. The van der Waals surface area contributed by atoms with Crippen molar-refractivity contribution in [3.8, 4) is 16.9 Å². The number of methoxy groups -OCH3 is 1. The monoisotopic (exact) mass is 359 g/mol. The van der Waals surface area contributed by atoms with Crippen molar-refractivity contribution in [3.63, 3.8) is 0 Å². The highest BCUT2D eigenvalue weighted by Gasteiger charge is 2.22. The lowest BCUT2D eigenvalue weighted by molar-refractivity contribution is -0.137. The van der Waals surface area contributed by atoms with E-state index in [1.54, 1.807) is 39.2 Å². The van der Waals surface area contributed by atoms with E-state index in [1.165, 1.54) is 17.0 Å². The summed E-state index contributed by atoms with van der Waals surface area (Å²) in [6.45, 7) is 3.57. The zero-order valence-electron chi connectivity index (χ0n) is 15.0. The van der Waals surface area contributed by atoms with Crippen LogP contribution in [0.5, 0.6) is 5.75 Å². The molecule has 1 amide bonds. The van der Waals surface area contributed by atoms with Gasteiger partial charge in [-0.2, -0.15) is 0 Å². The first kappa shape index (κ1) is 19.4. The number of hydrogen-bond acceptors (Lipinski definition) is 3. The van der Waals surface area contributed by atoms with Gasteiger partial charge in [-0.3, -0.25) is 9.59 Å². The Hall–Kier alpha value is -2.89. The number of amides is 1. The van der Waals surface area contributed by atoms with E-state index in [2.05, 4.69) is 0 Å². The molecular formula is C20H22FNO4.